The number of nitrogens with one attached hydrogen (secondary N) is 1. The van der Waals surface area contributed by atoms with E-state index in [0.717, 1.165) is 66.8 Å². The summed E-state index contributed by atoms with van der Waals surface area (Å²) in [5.74, 6) is 0.103. The van der Waals surface area contributed by atoms with Gasteiger partial charge >= 0.3 is 0 Å². The molecular weight excluding hydrogens is 451 g/mol. The summed E-state index contributed by atoms with van der Waals surface area (Å²) in [6, 6.07) is 13.5. The molecule has 2 aromatic carbocycles. The number of carbonyl (C=O) groups excluding carboxylic acids is 1. The molecule has 5 nitrogen and oxygen atoms in total. The molecule has 0 spiro atoms. The standard InChI is InChI=1S/C23H24Cl2N4OS/c1-2-28(23-27-21(15-31-23)18-7-8-19(24)20(25)13-18)14-16-3-5-17(6-4-16)22(30)29-11-9-26-10-12-29/h3-8,13,15,26H,2,9-12,14H2,1H3. The first-order chi connectivity index (χ1) is 15.0. The quantitative estimate of drug-likeness (QED) is 0.533. The van der Waals surface area contributed by atoms with Crippen molar-refractivity contribution >= 4 is 45.6 Å². The van der Waals surface area contributed by atoms with E-state index in [1.54, 1.807) is 17.4 Å². The number of aromatic nitrogens is 1. The zero-order valence-corrected chi connectivity index (χ0v) is 19.6. The van der Waals surface area contributed by atoms with E-state index < -0.39 is 0 Å². The predicted molar refractivity (Wildman–Crippen MR) is 130 cm³/mol. The third-order valence-electron chi connectivity index (χ3n) is 5.34. The highest BCUT2D eigenvalue weighted by Gasteiger charge is 2.18. The maximum absolute atomic E-state index is 12.7. The Morgan fingerprint density at radius 1 is 1.13 bits per heavy atom. The smallest absolute Gasteiger partial charge is 0.253 e. The summed E-state index contributed by atoms with van der Waals surface area (Å²) in [6.45, 7) is 6.90. The maximum Gasteiger partial charge on any atom is 0.253 e. The Labute approximate surface area is 196 Å². The van der Waals surface area contributed by atoms with Gasteiger partial charge in [-0.05, 0) is 36.8 Å². The predicted octanol–water partition coefficient (Wildman–Crippen LogP) is 5.19. The third kappa shape index (κ3) is 5.21. The highest BCUT2D eigenvalue weighted by atomic mass is 35.5. The van der Waals surface area contributed by atoms with Crippen LogP contribution in [0.4, 0.5) is 5.13 Å². The van der Waals surface area contributed by atoms with E-state index >= 15 is 0 Å². The lowest BCUT2D eigenvalue weighted by Gasteiger charge is -2.27. The lowest BCUT2D eigenvalue weighted by Crippen LogP contribution is -2.46. The van der Waals surface area contributed by atoms with Crippen LogP contribution in [0, 0.1) is 0 Å². The minimum Gasteiger partial charge on any atom is -0.344 e. The lowest BCUT2D eigenvalue weighted by atomic mass is 10.1. The molecule has 0 radical (unpaired) electrons. The van der Waals surface area contributed by atoms with Crippen LogP contribution in [0.15, 0.2) is 47.8 Å². The number of rotatable bonds is 6. The summed E-state index contributed by atoms with van der Waals surface area (Å²) < 4.78 is 0. The molecule has 0 bridgehead atoms. The fourth-order valence-corrected chi connectivity index (χ4v) is 4.73. The van der Waals surface area contributed by atoms with Crippen molar-refractivity contribution in [1.82, 2.24) is 15.2 Å². The highest BCUT2D eigenvalue weighted by molar-refractivity contribution is 7.14. The summed E-state index contributed by atoms with van der Waals surface area (Å²) in [4.78, 5) is 21.6. The van der Waals surface area contributed by atoms with E-state index in [4.69, 9.17) is 28.2 Å². The first-order valence-electron chi connectivity index (χ1n) is 10.3. The zero-order valence-electron chi connectivity index (χ0n) is 17.3. The Morgan fingerprint density at radius 2 is 1.87 bits per heavy atom. The number of benzene rings is 2. The SMILES string of the molecule is CCN(Cc1ccc(C(=O)N2CCNCC2)cc1)c1nc(-c2ccc(Cl)c(Cl)c2)cs1. The van der Waals surface area contributed by atoms with Crippen LogP contribution in [0.5, 0.6) is 0 Å². The first kappa shape index (κ1) is 22.1. The molecule has 2 heterocycles. The second-order valence-electron chi connectivity index (χ2n) is 7.40. The number of hydrogen-bond acceptors (Lipinski definition) is 5. The number of hydrogen-bond donors (Lipinski definition) is 1. The van der Waals surface area contributed by atoms with E-state index in [9.17, 15) is 4.79 Å². The van der Waals surface area contributed by atoms with Crippen molar-refractivity contribution in [1.29, 1.82) is 0 Å². The molecule has 1 N–H and O–H groups in total. The first-order valence-corrected chi connectivity index (χ1v) is 11.9. The van der Waals surface area contributed by atoms with Crippen molar-refractivity contribution in [3.8, 4) is 11.3 Å². The van der Waals surface area contributed by atoms with Crippen LogP contribution in [0.1, 0.15) is 22.8 Å². The van der Waals surface area contributed by atoms with Gasteiger partial charge in [-0.25, -0.2) is 4.98 Å². The topological polar surface area (TPSA) is 48.5 Å². The summed E-state index contributed by atoms with van der Waals surface area (Å²) >= 11 is 13.8. The highest BCUT2D eigenvalue weighted by Crippen LogP contribution is 2.32. The maximum atomic E-state index is 12.7. The monoisotopic (exact) mass is 474 g/mol. The van der Waals surface area contributed by atoms with Gasteiger partial charge in [-0.3, -0.25) is 4.79 Å². The van der Waals surface area contributed by atoms with Gasteiger partial charge in [-0.2, -0.15) is 0 Å². The molecule has 1 amide bonds. The molecule has 0 aliphatic carbocycles. The van der Waals surface area contributed by atoms with Crippen LogP contribution in [0.3, 0.4) is 0 Å². The normalized spacial score (nSPS) is 14.0. The van der Waals surface area contributed by atoms with Gasteiger partial charge in [-0.1, -0.05) is 41.4 Å². The zero-order chi connectivity index (χ0) is 21.8. The molecule has 8 heteroatoms. The van der Waals surface area contributed by atoms with Gasteiger partial charge in [-0.15, -0.1) is 11.3 Å². The molecule has 1 aliphatic rings. The molecule has 1 saturated heterocycles. The van der Waals surface area contributed by atoms with E-state index in [1.165, 1.54) is 0 Å². The summed E-state index contributed by atoms with van der Waals surface area (Å²) in [5, 5.41) is 7.32. The summed E-state index contributed by atoms with van der Waals surface area (Å²) in [6.07, 6.45) is 0. The Hall–Kier alpha value is -2.12. The number of halogens is 2. The van der Waals surface area contributed by atoms with E-state index in [0.29, 0.717) is 10.0 Å². The largest absolute Gasteiger partial charge is 0.344 e. The summed E-state index contributed by atoms with van der Waals surface area (Å²) in [5.41, 5.74) is 3.72. The fourth-order valence-electron chi connectivity index (χ4n) is 3.54. The van der Waals surface area contributed by atoms with E-state index in [-0.39, 0.29) is 5.91 Å². The van der Waals surface area contributed by atoms with Crippen molar-refractivity contribution < 1.29 is 4.79 Å². The van der Waals surface area contributed by atoms with Crippen LogP contribution >= 0.6 is 34.5 Å². The third-order valence-corrected chi connectivity index (χ3v) is 6.98. The molecule has 1 aromatic heterocycles. The minimum atomic E-state index is 0.103. The Morgan fingerprint density at radius 3 is 2.55 bits per heavy atom. The number of thiazole rings is 1. The van der Waals surface area contributed by atoms with Crippen molar-refractivity contribution in [3.63, 3.8) is 0 Å². The van der Waals surface area contributed by atoms with E-state index in [1.807, 2.05) is 46.7 Å². The van der Waals surface area contributed by atoms with Gasteiger partial charge in [0.1, 0.15) is 0 Å². The second kappa shape index (κ2) is 10.0. The molecule has 162 valence electrons. The number of amides is 1. The van der Waals surface area contributed by atoms with Crippen molar-refractivity contribution in [3.05, 3.63) is 69.0 Å². The Balaban J connectivity index is 1.45. The van der Waals surface area contributed by atoms with Gasteiger partial charge in [0.2, 0.25) is 0 Å². The molecule has 1 aliphatic heterocycles. The van der Waals surface area contributed by atoms with Crippen LogP contribution in [0.2, 0.25) is 10.0 Å². The van der Waals surface area contributed by atoms with Gasteiger partial charge in [0.05, 0.1) is 15.7 Å². The van der Waals surface area contributed by atoms with Gasteiger partial charge in [0.25, 0.3) is 5.91 Å². The number of piperazine rings is 1. The van der Waals surface area contributed by atoms with Crippen molar-refractivity contribution in [2.75, 3.05) is 37.6 Å². The summed E-state index contributed by atoms with van der Waals surface area (Å²) in [7, 11) is 0. The average Bonchev–Trinajstić information content (AvgIpc) is 3.30. The second-order valence-corrected chi connectivity index (χ2v) is 9.05. The number of anilines is 1. The molecule has 4 rings (SSSR count). The molecule has 3 aromatic rings. The van der Waals surface area contributed by atoms with Crippen LogP contribution in [-0.4, -0.2) is 48.5 Å². The van der Waals surface area contributed by atoms with Crippen LogP contribution in [-0.2, 0) is 6.54 Å². The molecule has 31 heavy (non-hydrogen) atoms. The van der Waals surface area contributed by atoms with Crippen LogP contribution < -0.4 is 10.2 Å². The minimum absolute atomic E-state index is 0.103. The lowest BCUT2D eigenvalue weighted by molar-refractivity contribution is 0.0736. The Bertz CT molecular complexity index is 1050. The molecule has 1 fully saturated rings. The van der Waals surface area contributed by atoms with Crippen LogP contribution in [0.25, 0.3) is 11.3 Å². The molecular formula is C23H24Cl2N4OS. The molecule has 0 saturated carbocycles. The van der Waals surface area contributed by atoms with Crippen molar-refractivity contribution in [2.24, 2.45) is 0 Å². The Kier molecular flexibility index (Phi) is 7.13. The molecule has 0 atom stereocenters. The van der Waals surface area contributed by atoms with E-state index in [2.05, 4.69) is 17.1 Å². The van der Waals surface area contributed by atoms with Gasteiger partial charge in [0.15, 0.2) is 5.13 Å². The molecule has 0 unspecified atom stereocenters. The number of nitrogens with zero attached hydrogens (tertiary/aromatic N) is 3. The van der Waals surface area contributed by atoms with Crippen molar-refractivity contribution in [2.45, 2.75) is 13.5 Å². The fraction of sp³-hybridized carbons (Fsp3) is 0.304. The average molecular weight is 475 g/mol. The van der Waals surface area contributed by atoms with Gasteiger partial charge in [0, 0.05) is 55.8 Å². The number of carbonyl (C=O) groups is 1. The van der Waals surface area contributed by atoms with Gasteiger partial charge < -0.3 is 15.1 Å².